The van der Waals surface area contributed by atoms with E-state index in [9.17, 15) is 0 Å². The van der Waals surface area contributed by atoms with Crippen molar-refractivity contribution in [2.45, 2.75) is 25.5 Å². The summed E-state index contributed by atoms with van der Waals surface area (Å²) >= 11 is 6.05. The van der Waals surface area contributed by atoms with Crippen LogP contribution < -0.4 is 10.5 Å². The van der Waals surface area contributed by atoms with Gasteiger partial charge in [-0.1, -0.05) is 11.6 Å². The Morgan fingerprint density at radius 2 is 2.25 bits per heavy atom. The smallest absolute Gasteiger partial charge is 0.232 e. The van der Waals surface area contributed by atoms with Crippen molar-refractivity contribution < 1.29 is 9.47 Å². The summed E-state index contributed by atoms with van der Waals surface area (Å²) in [6.45, 7) is 1.91. The Morgan fingerprint density at radius 1 is 1.50 bits per heavy atom. The monoisotopic (exact) mass is 242 g/mol. The summed E-state index contributed by atoms with van der Waals surface area (Å²) in [5, 5.41) is 0.523. The molecule has 1 aliphatic rings. The van der Waals surface area contributed by atoms with Crippen molar-refractivity contribution in [2.24, 2.45) is 5.73 Å². The van der Waals surface area contributed by atoms with Crippen LogP contribution in [0, 0.1) is 0 Å². The molecular formula is C11H15ClN2O2. The SMILES string of the molecule is NCc1cnc(OC2CCOCC2)c(Cl)c1. The number of nitrogens with zero attached hydrogens (tertiary/aromatic N) is 1. The van der Waals surface area contributed by atoms with E-state index in [4.69, 9.17) is 26.8 Å². The van der Waals surface area contributed by atoms with Gasteiger partial charge in [0, 0.05) is 25.6 Å². The molecule has 0 aromatic carbocycles. The van der Waals surface area contributed by atoms with Crippen molar-refractivity contribution in [1.29, 1.82) is 0 Å². The fraction of sp³-hybridized carbons (Fsp3) is 0.545. The predicted octanol–water partition coefficient (Wildman–Crippen LogP) is 1.75. The van der Waals surface area contributed by atoms with Crippen LogP contribution in [0.25, 0.3) is 0 Å². The van der Waals surface area contributed by atoms with Crippen molar-refractivity contribution in [3.63, 3.8) is 0 Å². The van der Waals surface area contributed by atoms with Gasteiger partial charge in [0.1, 0.15) is 11.1 Å². The highest BCUT2D eigenvalue weighted by molar-refractivity contribution is 6.31. The van der Waals surface area contributed by atoms with E-state index in [0.717, 1.165) is 31.6 Å². The Bertz CT molecular complexity index is 354. The molecule has 4 nitrogen and oxygen atoms in total. The Hall–Kier alpha value is -0.840. The third kappa shape index (κ3) is 2.84. The molecule has 0 atom stereocenters. The van der Waals surface area contributed by atoms with Crippen LogP contribution in [-0.4, -0.2) is 24.3 Å². The number of nitrogens with two attached hydrogens (primary N) is 1. The minimum Gasteiger partial charge on any atom is -0.473 e. The fourth-order valence-corrected chi connectivity index (χ4v) is 1.85. The second kappa shape index (κ2) is 5.48. The first-order chi connectivity index (χ1) is 7.79. The van der Waals surface area contributed by atoms with E-state index < -0.39 is 0 Å². The van der Waals surface area contributed by atoms with Crippen molar-refractivity contribution >= 4 is 11.6 Å². The topological polar surface area (TPSA) is 57.4 Å². The zero-order valence-corrected chi connectivity index (χ0v) is 9.74. The summed E-state index contributed by atoms with van der Waals surface area (Å²) in [4.78, 5) is 4.17. The number of hydrogen-bond acceptors (Lipinski definition) is 4. The number of ether oxygens (including phenoxy) is 2. The first-order valence-corrected chi connectivity index (χ1v) is 5.76. The van der Waals surface area contributed by atoms with E-state index in [2.05, 4.69) is 4.98 Å². The van der Waals surface area contributed by atoms with Crippen LogP contribution in [0.3, 0.4) is 0 Å². The van der Waals surface area contributed by atoms with Gasteiger partial charge in [-0.25, -0.2) is 4.98 Å². The number of hydrogen-bond donors (Lipinski definition) is 1. The van der Waals surface area contributed by atoms with Gasteiger partial charge in [-0.3, -0.25) is 0 Å². The Balaban J connectivity index is 2.03. The van der Waals surface area contributed by atoms with E-state index in [1.807, 2.05) is 0 Å². The van der Waals surface area contributed by atoms with E-state index in [0.29, 0.717) is 17.4 Å². The second-order valence-electron chi connectivity index (χ2n) is 3.76. The van der Waals surface area contributed by atoms with E-state index in [1.165, 1.54) is 0 Å². The van der Waals surface area contributed by atoms with Gasteiger partial charge in [-0.15, -0.1) is 0 Å². The molecule has 2 rings (SSSR count). The average Bonchev–Trinajstić information content (AvgIpc) is 2.33. The predicted molar refractivity (Wildman–Crippen MR) is 61.6 cm³/mol. The van der Waals surface area contributed by atoms with Crippen LogP contribution in [0.15, 0.2) is 12.3 Å². The average molecular weight is 243 g/mol. The van der Waals surface area contributed by atoms with Gasteiger partial charge in [-0.05, 0) is 11.6 Å². The fourth-order valence-electron chi connectivity index (χ4n) is 1.62. The Morgan fingerprint density at radius 3 is 2.88 bits per heavy atom. The molecule has 1 aliphatic heterocycles. The molecule has 2 heterocycles. The molecule has 0 saturated carbocycles. The molecule has 1 saturated heterocycles. The summed E-state index contributed by atoms with van der Waals surface area (Å²) in [7, 11) is 0. The largest absolute Gasteiger partial charge is 0.473 e. The number of halogens is 1. The maximum Gasteiger partial charge on any atom is 0.232 e. The molecule has 88 valence electrons. The Labute approximate surface area is 99.7 Å². The van der Waals surface area contributed by atoms with Crippen LogP contribution in [0.5, 0.6) is 5.88 Å². The van der Waals surface area contributed by atoms with Gasteiger partial charge in [0.25, 0.3) is 0 Å². The number of pyridine rings is 1. The highest BCUT2D eigenvalue weighted by Crippen LogP contribution is 2.25. The normalized spacial score (nSPS) is 17.4. The summed E-state index contributed by atoms with van der Waals surface area (Å²) in [6, 6.07) is 1.79. The summed E-state index contributed by atoms with van der Waals surface area (Å²) < 4.78 is 11.0. The molecule has 5 heteroatoms. The van der Waals surface area contributed by atoms with E-state index in [-0.39, 0.29) is 6.10 Å². The quantitative estimate of drug-likeness (QED) is 0.878. The molecule has 1 aromatic heterocycles. The lowest BCUT2D eigenvalue weighted by molar-refractivity contribution is 0.0237. The third-order valence-corrected chi connectivity index (χ3v) is 2.82. The lowest BCUT2D eigenvalue weighted by Crippen LogP contribution is -2.26. The molecule has 0 unspecified atom stereocenters. The van der Waals surface area contributed by atoms with Crippen LogP contribution in [0.4, 0.5) is 0 Å². The van der Waals surface area contributed by atoms with Gasteiger partial charge in [0.2, 0.25) is 5.88 Å². The number of aromatic nitrogens is 1. The third-order valence-electron chi connectivity index (χ3n) is 2.55. The zero-order valence-electron chi connectivity index (χ0n) is 8.99. The molecule has 1 fully saturated rings. The summed E-state index contributed by atoms with van der Waals surface area (Å²) in [5.41, 5.74) is 6.40. The molecule has 2 N–H and O–H groups in total. The molecule has 0 radical (unpaired) electrons. The van der Waals surface area contributed by atoms with Gasteiger partial charge in [-0.2, -0.15) is 0 Å². The van der Waals surface area contributed by atoms with Crippen LogP contribution in [-0.2, 0) is 11.3 Å². The first-order valence-electron chi connectivity index (χ1n) is 5.38. The molecule has 16 heavy (non-hydrogen) atoms. The molecule has 1 aromatic rings. The second-order valence-corrected chi connectivity index (χ2v) is 4.17. The highest BCUT2D eigenvalue weighted by Gasteiger charge is 2.17. The van der Waals surface area contributed by atoms with Crippen LogP contribution in [0.2, 0.25) is 5.02 Å². The lowest BCUT2D eigenvalue weighted by atomic mass is 10.1. The van der Waals surface area contributed by atoms with E-state index >= 15 is 0 Å². The summed E-state index contributed by atoms with van der Waals surface area (Å²) in [5.74, 6) is 0.491. The molecule has 0 spiro atoms. The maximum absolute atomic E-state index is 6.05. The molecule has 0 aliphatic carbocycles. The van der Waals surface area contributed by atoms with E-state index in [1.54, 1.807) is 12.3 Å². The zero-order chi connectivity index (χ0) is 11.4. The van der Waals surface area contributed by atoms with Gasteiger partial charge >= 0.3 is 0 Å². The van der Waals surface area contributed by atoms with Gasteiger partial charge < -0.3 is 15.2 Å². The standard InChI is InChI=1S/C11H15ClN2O2/c12-10-5-8(6-13)7-14-11(10)16-9-1-3-15-4-2-9/h5,7,9H,1-4,6,13H2. The minimum absolute atomic E-state index is 0.155. The highest BCUT2D eigenvalue weighted by atomic mass is 35.5. The molecule has 0 bridgehead atoms. The Kier molecular flexibility index (Phi) is 3.98. The molecular weight excluding hydrogens is 228 g/mol. The minimum atomic E-state index is 0.155. The van der Waals surface area contributed by atoms with Gasteiger partial charge in [0.15, 0.2) is 0 Å². The van der Waals surface area contributed by atoms with Crippen molar-refractivity contribution in [2.75, 3.05) is 13.2 Å². The first kappa shape index (κ1) is 11.6. The van der Waals surface area contributed by atoms with Crippen molar-refractivity contribution in [3.8, 4) is 5.88 Å². The maximum atomic E-state index is 6.05. The van der Waals surface area contributed by atoms with Crippen LogP contribution in [0.1, 0.15) is 18.4 Å². The van der Waals surface area contributed by atoms with Crippen molar-refractivity contribution in [1.82, 2.24) is 4.98 Å². The van der Waals surface area contributed by atoms with Crippen LogP contribution >= 0.6 is 11.6 Å². The van der Waals surface area contributed by atoms with Gasteiger partial charge in [0.05, 0.1) is 13.2 Å². The number of rotatable bonds is 3. The summed E-state index contributed by atoms with van der Waals surface area (Å²) in [6.07, 6.45) is 3.62. The lowest BCUT2D eigenvalue weighted by Gasteiger charge is -2.23. The molecule has 0 amide bonds. The van der Waals surface area contributed by atoms with Crippen molar-refractivity contribution in [3.05, 3.63) is 22.8 Å².